The summed E-state index contributed by atoms with van der Waals surface area (Å²) >= 11 is 0. The molecular weight excluding hydrogens is 322 g/mol. The van der Waals surface area contributed by atoms with E-state index < -0.39 is 0 Å². The van der Waals surface area contributed by atoms with Crippen molar-refractivity contribution in [1.29, 1.82) is 0 Å². The molecule has 0 radical (unpaired) electrons. The van der Waals surface area contributed by atoms with Gasteiger partial charge < -0.3 is 20.3 Å². The van der Waals surface area contributed by atoms with E-state index in [-0.39, 0.29) is 18.4 Å². The lowest BCUT2D eigenvalue weighted by atomic mass is 10.2. The molecule has 1 aromatic heterocycles. The maximum Gasteiger partial charge on any atom is 0.317 e. The molecule has 8 heteroatoms. The summed E-state index contributed by atoms with van der Waals surface area (Å²) in [6.45, 7) is 2.29. The van der Waals surface area contributed by atoms with Gasteiger partial charge in [-0.15, -0.1) is 0 Å². The summed E-state index contributed by atoms with van der Waals surface area (Å²) in [4.78, 5) is 34.1. The van der Waals surface area contributed by atoms with Crippen LogP contribution in [0.15, 0.2) is 24.3 Å². The van der Waals surface area contributed by atoms with E-state index >= 15 is 0 Å². The highest BCUT2D eigenvalue weighted by atomic mass is 16.5. The van der Waals surface area contributed by atoms with Crippen molar-refractivity contribution >= 4 is 23.0 Å². The van der Waals surface area contributed by atoms with Crippen molar-refractivity contribution in [3.05, 3.63) is 30.0 Å². The van der Waals surface area contributed by atoms with E-state index in [0.29, 0.717) is 44.2 Å². The topological polar surface area (TPSA) is 96.4 Å². The van der Waals surface area contributed by atoms with Crippen LogP contribution in [0.2, 0.25) is 0 Å². The molecule has 25 heavy (non-hydrogen) atoms. The maximum atomic E-state index is 12.0. The monoisotopic (exact) mass is 343 g/mol. The van der Waals surface area contributed by atoms with Crippen LogP contribution in [0, 0.1) is 0 Å². The highest BCUT2D eigenvalue weighted by molar-refractivity contribution is 5.78. The molecule has 0 aliphatic carbocycles. The van der Waals surface area contributed by atoms with Crippen LogP contribution in [0.25, 0.3) is 11.0 Å². The normalized spacial score (nSPS) is 13.8. The zero-order chi connectivity index (χ0) is 17.6. The Morgan fingerprint density at radius 1 is 1.32 bits per heavy atom. The molecule has 1 fully saturated rings. The molecule has 1 saturated heterocycles. The molecule has 1 aliphatic heterocycles. The molecule has 1 aliphatic rings. The molecule has 8 nitrogen and oxygen atoms in total. The number of rotatable bonds is 7. The van der Waals surface area contributed by atoms with E-state index in [1.165, 1.54) is 0 Å². The van der Waals surface area contributed by atoms with Gasteiger partial charge in [-0.3, -0.25) is 4.79 Å². The lowest BCUT2D eigenvalue weighted by Gasteiger charge is -2.14. The second kappa shape index (κ2) is 7.78. The van der Waals surface area contributed by atoms with Gasteiger partial charge in [0.25, 0.3) is 0 Å². The molecule has 3 amide bonds. The van der Waals surface area contributed by atoms with Gasteiger partial charge in [-0.05, 0) is 12.1 Å². The molecule has 2 N–H and O–H groups in total. The molecule has 2 aromatic rings. The maximum absolute atomic E-state index is 12.0. The van der Waals surface area contributed by atoms with Crippen LogP contribution in [-0.4, -0.2) is 60.1 Å². The number of amides is 3. The first-order valence-electron chi connectivity index (χ1n) is 8.26. The number of benzene rings is 1. The molecule has 0 unspecified atom stereocenters. The number of carbonyl (C=O) groups excluding carboxylic acids is 2. The van der Waals surface area contributed by atoms with E-state index in [1.54, 1.807) is 12.0 Å². The zero-order valence-corrected chi connectivity index (χ0v) is 14.1. The Kier molecular flexibility index (Phi) is 5.27. The minimum Gasteiger partial charge on any atom is -0.480 e. The number of carbonyl (C=O) groups is 2. The largest absolute Gasteiger partial charge is 0.480 e. The second-order valence-electron chi connectivity index (χ2n) is 5.74. The molecule has 0 atom stereocenters. The first-order chi connectivity index (χ1) is 12.2. The summed E-state index contributed by atoms with van der Waals surface area (Å²) in [7, 11) is 1.55. The highest BCUT2D eigenvalue weighted by Gasteiger charge is 2.18. The SMILES string of the molecule is COc1nc2ccccc2nc1CCC(=O)NCCN1CCNC1=O. The van der Waals surface area contributed by atoms with Gasteiger partial charge >= 0.3 is 6.03 Å². The molecule has 0 spiro atoms. The van der Waals surface area contributed by atoms with Crippen molar-refractivity contribution in [3.8, 4) is 5.88 Å². The number of nitrogens with one attached hydrogen (secondary N) is 2. The van der Waals surface area contributed by atoms with Crippen molar-refractivity contribution in [2.45, 2.75) is 12.8 Å². The minimum absolute atomic E-state index is 0.0783. The fourth-order valence-corrected chi connectivity index (χ4v) is 2.72. The van der Waals surface area contributed by atoms with Crippen LogP contribution in [0.3, 0.4) is 0 Å². The van der Waals surface area contributed by atoms with Crippen molar-refractivity contribution in [2.24, 2.45) is 0 Å². The molecule has 132 valence electrons. The standard InChI is InChI=1S/C17H21N5O3/c1-25-16-14(20-12-4-2-3-5-13(12)21-16)6-7-15(23)18-8-10-22-11-9-19-17(22)24/h2-5H,6-11H2,1H3,(H,18,23)(H,19,24). The van der Waals surface area contributed by atoms with Gasteiger partial charge in [0.05, 0.1) is 18.1 Å². The third-order valence-corrected chi connectivity index (χ3v) is 4.04. The number of urea groups is 1. The van der Waals surface area contributed by atoms with E-state index in [2.05, 4.69) is 20.6 Å². The van der Waals surface area contributed by atoms with Crippen LogP contribution in [0.5, 0.6) is 5.88 Å². The average Bonchev–Trinajstić information content (AvgIpc) is 3.04. The highest BCUT2D eigenvalue weighted by Crippen LogP contribution is 2.19. The fraction of sp³-hybridized carbons (Fsp3) is 0.412. The second-order valence-corrected chi connectivity index (χ2v) is 5.74. The fourth-order valence-electron chi connectivity index (χ4n) is 2.72. The van der Waals surface area contributed by atoms with Crippen LogP contribution in [-0.2, 0) is 11.2 Å². The number of fused-ring (bicyclic) bond motifs is 1. The Morgan fingerprint density at radius 2 is 2.08 bits per heavy atom. The van der Waals surface area contributed by atoms with Crippen LogP contribution in [0.4, 0.5) is 4.79 Å². The number of aryl methyl sites for hydroxylation is 1. The Hall–Kier alpha value is -2.90. The number of para-hydroxylation sites is 2. The van der Waals surface area contributed by atoms with Crippen molar-refractivity contribution in [1.82, 2.24) is 25.5 Å². The van der Waals surface area contributed by atoms with Crippen molar-refractivity contribution in [2.75, 3.05) is 33.3 Å². The molecule has 0 saturated carbocycles. The van der Waals surface area contributed by atoms with Crippen LogP contribution >= 0.6 is 0 Å². The number of hydrogen-bond donors (Lipinski definition) is 2. The van der Waals surface area contributed by atoms with E-state index in [0.717, 1.165) is 11.0 Å². The van der Waals surface area contributed by atoms with E-state index in [1.807, 2.05) is 24.3 Å². The lowest BCUT2D eigenvalue weighted by molar-refractivity contribution is -0.121. The van der Waals surface area contributed by atoms with Gasteiger partial charge in [0, 0.05) is 39.0 Å². The molecule has 3 rings (SSSR count). The van der Waals surface area contributed by atoms with Crippen molar-refractivity contribution < 1.29 is 14.3 Å². The molecule has 2 heterocycles. The third kappa shape index (κ3) is 4.14. The van der Waals surface area contributed by atoms with Gasteiger partial charge in [0.15, 0.2) is 0 Å². The predicted octanol–water partition coefficient (Wildman–Crippen LogP) is 0.712. The molecular formula is C17H21N5O3. The van der Waals surface area contributed by atoms with Gasteiger partial charge in [0.2, 0.25) is 11.8 Å². The first-order valence-corrected chi connectivity index (χ1v) is 8.26. The summed E-state index contributed by atoms with van der Waals surface area (Å²) in [6.07, 6.45) is 0.729. The average molecular weight is 343 g/mol. The van der Waals surface area contributed by atoms with Gasteiger partial charge in [-0.1, -0.05) is 12.1 Å². The lowest BCUT2D eigenvalue weighted by Crippen LogP contribution is -2.36. The third-order valence-electron chi connectivity index (χ3n) is 4.04. The Labute approximate surface area is 145 Å². The van der Waals surface area contributed by atoms with Gasteiger partial charge in [0.1, 0.15) is 5.69 Å². The smallest absolute Gasteiger partial charge is 0.317 e. The zero-order valence-electron chi connectivity index (χ0n) is 14.1. The Balaban J connectivity index is 1.52. The van der Waals surface area contributed by atoms with Crippen LogP contribution < -0.4 is 15.4 Å². The van der Waals surface area contributed by atoms with Gasteiger partial charge in [-0.2, -0.15) is 0 Å². The Morgan fingerprint density at radius 3 is 2.76 bits per heavy atom. The quantitative estimate of drug-likeness (QED) is 0.772. The predicted molar refractivity (Wildman–Crippen MR) is 92.4 cm³/mol. The van der Waals surface area contributed by atoms with Crippen LogP contribution in [0.1, 0.15) is 12.1 Å². The summed E-state index contributed by atoms with van der Waals surface area (Å²) < 4.78 is 5.29. The summed E-state index contributed by atoms with van der Waals surface area (Å²) in [6, 6.07) is 7.46. The number of hydrogen-bond acceptors (Lipinski definition) is 5. The van der Waals surface area contributed by atoms with E-state index in [4.69, 9.17) is 4.74 Å². The number of nitrogens with zero attached hydrogens (tertiary/aromatic N) is 3. The van der Waals surface area contributed by atoms with E-state index in [9.17, 15) is 9.59 Å². The minimum atomic E-state index is -0.0865. The summed E-state index contributed by atoms with van der Waals surface area (Å²) in [5.41, 5.74) is 2.20. The molecule has 0 bridgehead atoms. The number of methoxy groups -OCH3 is 1. The molecule has 1 aromatic carbocycles. The van der Waals surface area contributed by atoms with Crippen molar-refractivity contribution in [3.63, 3.8) is 0 Å². The Bertz CT molecular complexity index is 780. The van der Waals surface area contributed by atoms with Gasteiger partial charge in [-0.25, -0.2) is 14.8 Å². The number of aromatic nitrogens is 2. The number of ether oxygens (including phenoxy) is 1. The summed E-state index contributed by atoms with van der Waals surface area (Å²) in [5, 5.41) is 5.55. The summed E-state index contributed by atoms with van der Waals surface area (Å²) in [5.74, 6) is 0.358. The first kappa shape index (κ1) is 16.9.